The highest BCUT2D eigenvalue weighted by atomic mass is 32.2. The summed E-state index contributed by atoms with van der Waals surface area (Å²) in [5, 5.41) is 2.44. The van der Waals surface area contributed by atoms with Crippen molar-refractivity contribution in [2.24, 2.45) is 0 Å². The molecule has 1 amide bonds. The van der Waals surface area contributed by atoms with E-state index in [0.717, 1.165) is 25.7 Å². The van der Waals surface area contributed by atoms with Crippen molar-refractivity contribution in [1.29, 1.82) is 0 Å². The number of hydrogen-bond acceptors (Lipinski definition) is 3. The van der Waals surface area contributed by atoms with Crippen LogP contribution in [0.1, 0.15) is 39.5 Å². The minimum atomic E-state index is -3.33. The van der Waals surface area contributed by atoms with Crippen LogP contribution >= 0.6 is 0 Å². The maximum Gasteiger partial charge on any atom is 0.241 e. The van der Waals surface area contributed by atoms with Crippen LogP contribution in [0, 0.1) is 0 Å². The molecule has 17 heavy (non-hydrogen) atoms. The van der Waals surface area contributed by atoms with E-state index in [4.69, 9.17) is 0 Å². The predicted octanol–water partition coefficient (Wildman–Crippen LogP) is 0.469. The average Bonchev–Trinajstić information content (AvgIpc) is 2.75. The molecule has 1 aliphatic heterocycles. The monoisotopic (exact) mass is 260 g/mol. The van der Waals surface area contributed by atoms with Crippen LogP contribution < -0.4 is 5.32 Å². The first kappa shape index (κ1) is 12.8. The minimum absolute atomic E-state index is 0.203. The van der Waals surface area contributed by atoms with Gasteiger partial charge >= 0.3 is 0 Å². The summed E-state index contributed by atoms with van der Waals surface area (Å²) in [5.41, 5.74) is -0.959. The third-order valence-corrected chi connectivity index (χ3v) is 6.38. The molecule has 1 heterocycles. The molecule has 2 fully saturated rings. The zero-order chi connectivity index (χ0) is 12.7. The fraction of sp³-hybridized carbons (Fsp3) is 0.909. The van der Waals surface area contributed by atoms with Crippen molar-refractivity contribution < 1.29 is 13.2 Å². The number of carbonyl (C=O) groups is 1. The van der Waals surface area contributed by atoms with Crippen LogP contribution in [0.2, 0.25) is 0 Å². The van der Waals surface area contributed by atoms with Gasteiger partial charge < -0.3 is 5.32 Å². The maximum absolute atomic E-state index is 12.5. The van der Waals surface area contributed by atoms with Crippen molar-refractivity contribution in [2.75, 3.05) is 13.1 Å². The summed E-state index contributed by atoms with van der Waals surface area (Å²) in [6.07, 6.45) is 3.42. The molecule has 1 saturated carbocycles. The van der Waals surface area contributed by atoms with Crippen molar-refractivity contribution in [3.8, 4) is 0 Å². The summed E-state index contributed by atoms with van der Waals surface area (Å²) in [6.45, 7) is 4.15. The van der Waals surface area contributed by atoms with Gasteiger partial charge in [0.2, 0.25) is 15.9 Å². The van der Waals surface area contributed by atoms with E-state index < -0.39 is 15.6 Å². The molecule has 0 bridgehead atoms. The molecule has 6 heteroatoms. The van der Waals surface area contributed by atoms with Crippen LogP contribution in [0.5, 0.6) is 0 Å². The van der Waals surface area contributed by atoms with E-state index in [9.17, 15) is 13.2 Å². The predicted molar refractivity (Wildman–Crippen MR) is 65.0 cm³/mol. The summed E-state index contributed by atoms with van der Waals surface area (Å²) < 4.78 is 26.4. The third kappa shape index (κ3) is 2.08. The van der Waals surface area contributed by atoms with Gasteiger partial charge in [0.1, 0.15) is 5.54 Å². The minimum Gasteiger partial charge on any atom is -0.353 e. The lowest BCUT2D eigenvalue weighted by atomic mass is 10.0. The molecule has 0 aromatic rings. The molecule has 2 rings (SSSR count). The number of nitrogens with one attached hydrogen (secondary N) is 1. The summed E-state index contributed by atoms with van der Waals surface area (Å²) in [7, 11) is -3.33. The van der Waals surface area contributed by atoms with Gasteiger partial charge in [0.05, 0.1) is 5.25 Å². The molecule has 5 nitrogen and oxygen atoms in total. The molecular formula is C11H20N2O3S. The third-order valence-electron chi connectivity index (χ3n) is 3.81. The molecular weight excluding hydrogens is 240 g/mol. The van der Waals surface area contributed by atoms with Crippen molar-refractivity contribution in [1.82, 2.24) is 9.62 Å². The fourth-order valence-electron chi connectivity index (χ4n) is 2.69. The van der Waals surface area contributed by atoms with Gasteiger partial charge in [-0.2, -0.15) is 4.31 Å². The van der Waals surface area contributed by atoms with Gasteiger partial charge in [-0.05, 0) is 26.7 Å². The van der Waals surface area contributed by atoms with Crippen molar-refractivity contribution >= 4 is 15.9 Å². The highest BCUT2D eigenvalue weighted by molar-refractivity contribution is 7.89. The van der Waals surface area contributed by atoms with E-state index in [2.05, 4.69) is 5.32 Å². The average molecular weight is 260 g/mol. The summed E-state index contributed by atoms with van der Waals surface area (Å²) in [4.78, 5) is 11.8. The Labute approximate surface area is 103 Å². The number of piperazine rings is 1. The molecule has 0 unspecified atom stereocenters. The van der Waals surface area contributed by atoms with Gasteiger partial charge in [-0.1, -0.05) is 12.8 Å². The number of amides is 1. The van der Waals surface area contributed by atoms with Crippen LogP contribution in [-0.4, -0.2) is 42.5 Å². The van der Waals surface area contributed by atoms with E-state index in [-0.39, 0.29) is 11.2 Å². The standard InChI is InChI=1S/C11H20N2O3S/c1-11(2)10(14)12-7-8-13(11)17(15,16)9-5-3-4-6-9/h9H,3-8H2,1-2H3,(H,12,14). The molecule has 0 aromatic carbocycles. The van der Waals surface area contributed by atoms with E-state index in [0.29, 0.717) is 13.1 Å². The Balaban J connectivity index is 2.28. The number of sulfonamides is 1. The molecule has 2 aliphatic rings. The van der Waals surface area contributed by atoms with Crippen LogP contribution in [-0.2, 0) is 14.8 Å². The number of hydrogen-bond donors (Lipinski definition) is 1. The van der Waals surface area contributed by atoms with Gasteiger partial charge in [-0.15, -0.1) is 0 Å². The quantitative estimate of drug-likeness (QED) is 0.785. The summed E-state index contributed by atoms with van der Waals surface area (Å²) in [6, 6.07) is 0. The molecule has 0 spiro atoms. The van der Waals surface area contributed by atoms with E-state index in [1.54, 1.807) is 13.8 Å². The summed E-state index contributed by atoms with van der Waals surface area (Å²) in [5.74, 6) is -0.203. The highest BCUT2D eigenvalue weighted by Gasteiger charge is 2.47. The molecule has 0 atom stereocenters. The molecule has 0 aromatic heterocycles. The Morgan fingerprint density at radius 3 is 2.47 bits per heavy atom. The topological polar surface area (TPSA) is 66.5 Å². The lowest BCUT2D eigenvalue weighted by molar-refractivity contribution is -0.131. The first-order valence-electron chi connectivity index (χ1n) is 6.17. The second-order valence-corrected chi connectivity index (χ2v) is 7.48. The lowest BCUT2D eigenvalue weighted by Crippen LogP contribution is -2.64. The normalized spacial score (nSPS) is 27.1. The van der Waals surface area contributed by atoms with E-state index in [1.165, 1.54) is 4.31 Å². The smallest absolute Gasteiger partial charge is 0.241 e. The zero-order valence-corrected chi connectivity index (χ0v) is 11.2. The van der Waals surface area contributed by atoms with E-state index in [1.807, 2.05) is 0 Å². The van der Waals surface area contributed by atoms with Gasteiger partial charge in [-0.25, -0.2) is 8.42 Å². The van der Waals surface area contributed by atoms with Gasteiger partial charge in [0.15, 0.2) is 0 Å². The van der Waals surface area contributed by atoms with Crippen molar-refractivity contribution in [3.63, 3.8) is 0 Å². The fourth-order valence-corrected chi connectivity index (χ4v) is 5.05. The Morgan fingerprint density at radius 1 is 1.29 bits per heavy atom. The molecule has 1 N–H and O–H groups in total. The van der Waals surface area contributed by atoms with Gasteiger partial charge in [-0.3, -0.25) is 4.79 Å². The van der Waals surface area contributed by atoms with E-state index >= 15 is 0 Å². The number of rotatable bonds is 2. The molecule has 0 radical (unpaired) electrons. The summed E-state index contributed by atoms with van der Waals surface area (Å²) >= 11 is 0. The number of carbonyl (C=O) groups excluding carboxylic acids is 1. The second-order valence-electron chi connectivity index (χ2n) is 5.34. The zero-order valence-electron chi connectivity index (χ0n) is 10.4. The Bertz CT molecular complexity index is 410. The Hall–Kier alpha value is -0.620. The van der Waals surface area contributed by atoms with Gasteiger partial charge in [0, 0.05) is 13.1 Å². The van der Waals surface area contributed by atoms with Crippen molar-refractivity contribution in [2.45, 2.75) is 50.3 Å². The van der Waals surface area contributed by atoms with Crippen LogP contribution in [0.15, 0.2) is 0 Å². The van der Waals surface area contributed by atoms with Crippen LogP contribution in [0.4, 0.5) is 0 Å². The van der Waals surface area contributed by atoms with Crippen LogP contribution in [0.3, 0.4) is 0 Å². The van der Waals surface area contributed by atoms with Crippen LogP contribution in [0.25, 0.3) is 0 Å². The van der Waals surface area contributed by atoms with Gasteiger partial charge in [0.25, 0.3) is 0 Å². The first-order chi connectivity index (χ1) is 7.87. The Morgan fingerprint density at radius 2 is 1.88 bits per heavy atom. The molecule has 1 aliphatic carbocycles. The SMILES string of the molecule is CC1(C)C(=O)NCCN1S(=O)(=O)C1CCCC1. The van der Waals surface area contributed by atoms with Crippen molar-refractivity contribution in [3.05, 3.63) is 0 Å². The first-order valence-corrected chi connectivity index (χ1v) is 7.67. The largest absolute Gasteiger partial charge is 0.353 e. The maximum atomic E-state index is 12.5. The lowest BCUT2D eigenvalue weighted by Gasteiger charge is -2.41. The molecule has 1 saturated heterocycles. The second kappa shape index (κ2) is 4.24. The number of nitrogens with zero attached hydrogens (tertiary/aromatic N) is 1. The molecule has 98 valence electrons. The Kier molecular flexibility index (Phi) is 3.20. The highest BCUT2D eigenvalue weighted by Crippen LogP contribution is 2.31.